The number of hydrogen-bond acceptors (Lipinski definition) is 4. The molecule has 2 aromatic carbocycles. The standard InChI is InChI=1S/C21H19ClN2O3/c1-13-5-2-8-16-18(13)23-17(24-19(16)25)12-27-20(26)21(9-4-10-21)14-6-3-7-15(22)11-14/h2-3,5-8,11H,4,9-10,12H2,1H3,(H,23,24,25). The Kier molecular flexibility index (Phi) is 4.48. The Hall–Kier alpha value is -2.66. The van der Waals surface area contributed by atoms with Gasteiger partial charge in [-0.25, -0.2) is 4.98 Å². The van der Waals surface area contributed by atoms with Crippen molar-refractivity contribution in [2.75, 3.05) is 0 Å². The highest BCUT2D eigenvalue weighted by Gasteiger charge is 2.47. The molecular weight excluding hydrogens is 364 g/mol. The molecule has 0 amide bonds. The third-order valence-electron chi connectivity index (χ3n) is 5.30. The number of ether oxygens (including phenoxy) is 1. The minimum Gasteiger partial charge on any atom is -0.457 e. The molecule has 0 atom stereocenters. The van der Waals surface area contributed by atoms with Gasteiger partial charge in [0.1, 0.15) is 12.4 Å². The summed E-state index contributed by atoms with van der Waals surface area (Å²) in [4.78, 5) is 32.3. The van der Waals surface area contributed by atoms with E-state index in [9.17, 15) is 9.59 Å². The number of esters is 1. The van der Waals surface area contributed by atoms with E-state index in [1.54, 1.807) is 12.1 Å². The van der Waals surface area contributed by atoms with Crippen LogP contribution >= 0.6 is 11.6 Å². The third-order valence-corrected chi connectivity index (χ3v) is 5.54. The van der Waals surface area contributed by atoms with Crippen molar-refractivity contribution in [1.29, 1.82) is 0 Å². The van der Waals surface area contributed by atoms with Gasteiger partial charge < -0.3 is 9.72 Å². The number of carbonyl (C=O) groups is 1. The fourth-order valence-corrected chi connectivity index (χ4v) is 3.81. The largest absolute Gasteiger partial charge is 0.457 e. The predicted molar refractivity (Wildman–Crippen MR) is 104 cm³/mol. The minimum atomic E-state index is -0.655. The summed E-state index contributed by atoms with van der Waals surface area (Å²) in [6.07, 6.45) is 2.42. The van der Waals surface area contributed by atoms with Gasteiger partial charge in [0, 0.05) is 5.02 Å². The summed E-state index contributed by atoms with van der Waals surface area (Å²) >= 11 is 6.10. The highest BCUT2D eigenvalue weighted by molar-refractivity contribution is 6.30. The van der Waals surface area contributed by atoms with Gasteiger partial charge in [-0.1, -0.05) is 42.3 Å². The molecule has 27 heavy (non-hydrogen) atoms. The molecule has 1 fully saturated rings. The number of aromatic amines is 1. The highest BCUT2D eigenvalue weighted by atomic mass is 35.5. The topological polar surface area (TPSA) is 72.1 Å². The summed E-state index contributed by atoms with van der Waals surface area (Å²) in [6.45, 7) is 1.83. The molecule has 0 bridgehead atoms. The van der Waals surface area contributed by atoms with Crippen LogP contribution in [0.15, 0.2) is 47.3 Å². The third kappa shape index (κ3) is 3.12. The van der Waals surface area contributed by atoms with E-state index in [0.29, 0.717) is 21.7 Å². The van der Waals surface area contributed by atoms with Gasteiger partial charge in [0.2, 0.25) is 0 Å². The summed E-state index contributed by atoms with van der Waals surface area (Å²) in [5, 5.41) is 1.13. The first-order valence-electron chi connectivity index (χ1n) is 8.91. The van der Waals surface area contributed by atoms with Gasteiger partial charge in [0.05, 0.1) is 16.3 Å². The molecule has 5 nitrogen and oxygen atoms in total. The quantitative estimate of drug-likeness (QED) is 0.691. The fourth-order valence-electron chi connectivity index (χ4n) is 3.62. The molecule has 0 unspecified atom stereocenters. The van der Waals surface area contributed by atoms with Crippen LogP contribution in [0.2, 0.25) is 5.02 Å². The van der Waals surface area contributed by atoms with Crippen LogP contribution in [0.25, 0.3) is 10.9 Å². The number of carbonyl (C=O) groups excluding carboxylic acids is 1. The minimum absolute atomic E-state index is 0.0688. The fraction of sp³-hybridized carbons (Fsp3) is 0.286. The summed E-state index contributed by atoms with van der Waals surface area (Å²) in [6, 6.07) is 12.8. The number of aromatic nitrogens is 2. The molecule has 6 heteroatoms. The lowest BCUT2D eigenvalue weighted by molar-refractivity contribution is -0.156. The van der Waals surface area contributed by atoms with Crippen LogP contribution in [-0.2, 0) is 21.6 Å². The Morgan fingerprint density at radius 2 is 2.04 bits per heavy atom. The monoisotopic (exact) mass is 382 g/mol. The SMILES string of the molecule is Cc1cccc2c(=O)[nH]c(COC(=O)C3(c4cccc(Cl)c4)CCC3)nc12. The second-order valence-corrected chi connectivity index (χ2v) is 7.44. The van der Waals surface area contributed by atoms with E-state index in [-0.39, 0.29) is 18.1 Å². The zero-order chi connectivity index (χ0) is 19.0. The van der Waals surface area contributed by atoms with Crippen LogP contribution < -0.4 is 5.56 Å². The lowest BCUT2D eigenvalue weighted by Gasteiger charge is -2.39. The first kappa shape index (κ1) is 17.7. The molecule has 3 aromatic rings. The molecule has 0 spiro atoms. The zero-order valence-corrected chi connectivity index (χ0v) is 15.7. The Bertz CT molecular complexity index is 1090. The number of benzene rings is 2. The number of rotatable bonds is 4. The first-order chi connectivity index (χ1) is 13.0. The van der Waals surface area contributed by atoms with Crippen LogP contribution in [-0.4, -0.2) is 15.9 Å². The summed E-state index contributed by atoms with van der Waals surface area (Å²) in [7, 11) is 0. The van der Waals surface area contributed by atoms with Crippen molar-refractivity contribution < 1.29 is 9.53 Å². The lowest BCUT2D eigenvalue weighted by atomic mass is 9.64. The summed E-state index contributed by atoms with van der Waals surface area (Å²) in [5.41, 5.74) is 1.52. The van der Waals surface area contributed by atoms with Gasteiger partial charge >= 0.3 is 5.97 Å². The van der Waals surface area contributed by atoms with Gasteiger partial charge in [-0.05, 0) is 49.1 Å². The van der Waals surface area contributed by atoms with E-state index >= 15 is 0 Å². The number of aryl methyl sites for hydroxylation is 1. The van der Waals surface area contributed by atoms with Crippen molar-refractivity contribution in [3.8, 4) is 0 Å². The molecule has 1 heterocycles. The number of halogens is 1. The molecule has 1 aliphatic carbocycles. The van der Waals surface area contributed by atoms with E-state index in [2.05, 4.69) is 9.97 Å². The average Bonchev–Trinajstić information content (AvgIpc) is 2.60. The van der Waals surface area contributed by atoms with Gasteiger partial charge in [0.15, 0.2) is 0 Å². The summed E-state index contributed by atoms with van der Waals surface area (Å²) < 4.78 is 5.56. The Morgan fingerprint density at radius 1 is 1.26 bits per heavy atom. The van der Waals surface area contributed by atoms with E-state index in [4.69, 9.17) is 16.3 Å². The Balaban J connectivity index is 1.58. The average molecular weight is 383 g/mol. The molecule has 0 radical (unpaired) electrons. The molecule has 0 aliphatic heterocycles. The van der Waals surface area contributed by atoms with E-state index < -0.39 is 5.41 Å². The van der Waals surface area contributed by atoms with E-state index in [1.165, 1.54) is 0 Å². The zero-order valence-electron chi connectivity index (χ0n) is 14.9. The second kappa shape index (κ2) is 6.82. The van der Waals surface area contributed by atoms with Crippen molar-refractivity contribution in [3.63, 3.8) is 0 Å². The van der Waals surface area contributed by atoms with Gasteiger partial charge in [-0.3, -0.25) is 9.59 Å². The van der Waals surface area contributed by atoms with E-state index in [1.807, 2.05) is 37.3 Å². The van der Waals surface area contributed by atoms with Crippen LogP contribution in [0.5, 0.6) is 0 Å². The lowest BCUT2D eigenvalue weighted by Crippen LogP contribution is -2.43. The van der Waals surface area contributed by atoms with Gasteiger partial charge in [-0.15, -0.1) is 0 Å². The number of nitrogens with zero attached hydrogens (tertiary/aromatic N) is 1. The van der Waals surface area contributed by atoms with Gasteiger partial charge in [-0.2, -0.15) is 0 Å². The Morgan fingerprint density at radius 3 is 2.74 bits per heavy atom. The number of fused-ring (bicyclic) bond motifs is 1. The molecule has 138 valence electrons. The predicted octanol–water partition coefficient (Wildman–Crippen LogP) is 4.05. The molecule has 1 saturated carbocycles. The highest BCUT2D eigenvalue weighted by Crippen LogP contribution is 2.45. The maximum absolute atomic E-state index is 12.9. The molecule has 4 rings (SSSR count). The number of hydrogen-bond donors (Lipinski definition) is 1. The molecular formula is C21H19ClN2O3. The van der Waals surface area contributed by atoms with Crippen LogP contribution in [0.1, 0.15) is 36.2 Å². The number of nitrogens with one attached hydrogen (secondary N) is 1. The normalized spacial score (nSPS) is 15.3. The number of H-pyrrole nitrogens is 1. The maximum atomic E-state index is 12.9. The van der Waals surface area contributed by atoms with Crippen LogP contribution in [0.4, 0.5) is 0 Å². The maximum Gasteiger partial charge on any atom is 0.317 e. The molecule has 1 aromatic heterocycles. The van der Waals surface area contributed by atoms with Crippen molar-refractivity contribution in [2.45, 2.75) is 38.2 Å². The van der Waals surface area contributed by atoms with Crippen molar-refractivity contribution in [3.05, 3.63) is 74.8 Å². The van der Waals surface area contributed by atoms with Crippen molar-refractivity contribution >= 4 is 28.5 Å². The van der Waals surface area contributed by atoms with Crippen LogP contribution in [0, 0.1) is 6.92 Å². The molecule has 0 saturated heterocycles. The number of para-hydroxylation sites is 1. The van der Waals surface area contributed by atoms with E-state index in [0.717, 1.165) is 30.4 Å². The van der Waals surface area contributed by atoms with Crippen molar-refractivity contribution in [2.24, 2.45) is 0 Å². The van der Waals surface area contributed by atoms with Crippen LogP contribution in [0.3, 0.4) is 0 Å². The summed E-state index contributed by atoms with van der Waals surface area (Å²) in [5.74, 6) is 0.0410. The molecule has 1 N–H and O–H groups in total. The second-order valence-electron chi connectivity index (χ2n) is 7.01. The molecule has 1 aliphatic rings. The van der Waals surface area contributed by atoms with Gasteiger partial charge in [0.25, 0.3) is 5.56 Å². The Labute approximate surface area is 161 Å². The van der Waals surface area contributed by atoms with Crippen molar-refractivity contribution in [1.82, 2.24) is 9.97 Å². The smallest absolute Gasteiger partial charge is 0.317 e. The first-order valence-corrected chi connectivity index (χ1v) is 9.29.